The van der Waals surface area contributed by atoms with Gasteiger partial charge in [-0.2, -0.15) is 0 Å². The summed E-state index contributed by atoms with van der Waals surface area (Å²) < 4.78 is 17.8. The first-order chi connectivity index (χ1) is 14.1. The van der Waals surface area contributed by atoms with Crippen molar-refractivity contribution in [3.63, 3.8) is 0 Å². The Bertz CT molecular complexity index is 708. The number of hydrogen-bond donors (Lipinski definition) is 7. The van der Waals surface area contributed by atoms with Gasteiger partial charge in [-0.15, -0.1) is 0 Å². The van der Waals surface area contributed by atoms with Crippen molar-refractivity contribution < 1.29 is 43.6 Å². The number of aliphatic hydroxyl groups is 1. The number of allylic oxidation sites excluding steroid dienone is 2. The summed E-state index contributed by atoms with van der Waals surface area (Å²) in [5.41, 5.74) is 1.65. The molecule has 31 heavy (non-hydrogen) atoms. The van der Waals surface area contributed by atoms with Gasteiger partial charge in [0.05, 0.1) is 5.60 Å². The minimum atomic E-state index is -4.64. The standard InChI is InChI=1S/C20H32O.2H3O4P/c1-3-20(21)13-11-18-17-9-8-14-6-4-5-7-15(14)16(17)10-12-19(18,20)2;2*1-5(2,3)4/h6,15-18,21H,3-5,7-13H2,1-2H3;2*(H3,1,2,3,4)/t15-,16+,17+,18-,19-,20-;;/m0../s1. The molecule has 0 unspecified atom stereocenters. The van der Waals surface area contributed by atoms with E-state index in [-0.39, 0.29) is 11.0 Å². The molecule has 182 valence electrons. The summed E-state index contributed by atoms with van der Waals surface area (Å²) in [4.78, 5) is 43.1. The first-order valence-electron chi connectivity index (χ1n) is 11.1. The lowest BCUT2D eigenvalue weighted by atomic mass is 9.50. The molecule has 0 amide bonds. The summed E-state index contributed by atoms with van der Waals surface area (Å²) in [6.45, 7) is 4.62. The lowest BCUT2D eigenvalue weighted by Gasteiger charge is -2.55. The summed E-state index contributed by atoms with van der Waals surface area (Å²) in [5, 5.41) is 11.2. The lowest BCUT2D eigenvalue weighted by molar-refractivity contribution is -0.119. The average molecular weight is 484 g/mol. The van der Waals surface area contributed by atoms with Crippen molar-refractivity contribution in [1.29, 1.82) is 0 Å². The van der Waals surface area contributed by atoms with E-state index in [1.807, 2.05) is 5.57 Å². The van der Waals surface area contributed by atoms with Gasteiger partial charge in [-0.3, -0.25) is 0 Å². The maximum atomic E-state index is 11.2. The molecule has 6 atom stereocenters. The molecule has 4 rings (SSSR count). The van der Waals surface area contributed by atoms with Crippen LogP contribution < -0.4 is 0 Å². The smallest absolute Gasteiger partial charge is 0.389 e. The minimum Gasteiger partial charge on any atom is -0.389 e. The Labute approximate surface area is 184 Å². The molecule has 3 saturated carbocycles. The summed E-state index contributed by atoms with van der Waals surface area (Å²) in [6, 6.07) is 0. The third kappa shape index (κ3) is 6.95. The van der Waals surface area contributed by atoms with E-state index in [4.69, 9.17) is 38.5 Å². The molecule has 0 heterocycles. The van der Waals surface area contributed by atoms with Crippen LogP contribution >= 0.6 is 15.6 Å². The third-order valence-electron chi connectivity index (χ3n) is 8.28. The van der Waals surface area contributed by atoms with Gasteiger partial charge in [0.1, 0.15) is 0 Å². The summed E-state index contributed by atoms with van der Waals surface area (Å²) in [7, 11) is -9.28. The topological polar surface area (TPSA) is 176 Å². The fourth-order valence-electron chi connectivity index (χ4n) is 6.99. The fraction of sp³-hybridized carbons (Fsp3) is 0.900. The highest BCUT2D eigenvalue weighted by Gasteiger charge is 2.61. The van der Waals surface area contributed by atoms with Crippen molar-refractivity contribution in [3.8, 4) is 0 Å². The van der Waals surface area contributed by atoms with Crippen molar-refractivity contribution in [1.82, 2.24) is 0 Å². The highest BCUT2D eigenvalue weighted by atomic mass is 31.2. The molecule has 0 aromatic rings. The summed E-state index contributed by atoms with van der Waals surface area (Å²) in [6.07, 6.45) is 15.5. The Morgan fingerprint density at radius 1 is 0.935 bits per heavy atom. The molecule has 0 aromatic heterocycles. The maximum Gasteiger partial charge on any atom is 0.466 e. The molecule has 0 radical (unpaired) electrons. The molecule has 0 aromatic carbocycles. The van der Waals surface area contributed by atoms with Gasteiger partial charge in [0.2, 0.25) is 0 Å². The van der Waals surface area contributed by atoms with Crippen LogP contribution in [0.2, 0.25) is 0 Å². The minimum absolute atomic E-state index is 0.207. The molecule has 3 fully saturated rings. The van der Waals surface area contributed by atoms with Crippen LogP contribution in [0.1, 0.15) is 78.1 Å². The van der Waals surface area contributed by atoms with Crippen LogP contribution in [0.3, 0.4) is 0 Å². The second-order valence-electron chi connectivity index (χ2n) is 9.70. The van der Waals surface area contributed by atoms with E-state index in [0.29, 0.717) is 0 Å². The van der Waals surface area contributed by atoms with Crippen molar-refractivity contribution >= 4 is 15.6 Å². The van der Waals surface area contributed by atoms with Crippen LogP contribution in [0.15, 0.2) is 11.6 Å². The predicted molar refractivity (Wildman–Crippen MR) is 115 cm³/mol. The van der Waals surface area contributed by atoms with E-state index in [1.165, 1.54) is 51.4 Å². The van der Waals surface area contributed by atoms with Gasteiger partial charge in [0, 0.05) is 0 Å². The monoisotopic (exact) mass is 484 g/mol. The van der Waals surface area contributed by atoms with Crippen molar-refractivity contribution in [3.05, 3.63) is 11.6 Å². The molecule has 11 heteroatoms. The zero-order valence-corrected chi connectivity index (χ0v) is 20.1. The molecule has 4 aliphatic rings. The van der Waals surface area contributed by atoms with E-state index in [9.17, 15) is 5.11 Å². The fourth-order valence-corrected chi connectivity index (χ4v) is 6.99. The van der Waals surface area contributed by atoms with Crippen molar-refractivity contribution in [2.24, 2.45) is 29.1 Å². The van der Waals surface area contributed by atoms with E-state index >= 15 is 0 Å². The molecule has 9 nitrogen and oxygen atoms in total. The van der Waals surface area contributed by atoms with Gasteiger partial charge < -0.3 is 34.5 Å². The highest BCUT2D eigenvalue weighted by molar-refractivity contribution is 7.45. The third-order valence-corrected chi connectivity index (χ3v) is 8.28. The quantitative estimate of drug-likeness (QED) is 0.218. The number of fused-ring (bicyclic) bond motifs is 5. The van der Waals surface area contributed by atoms with Gasteiger partial charge in [0.25, 0.3) is 0 Å². The van der Waals surface area contributed by atoms with Gasteiger partial charge in [-0.1, -0.05) is 25.5 Å². The SMILES string of the molecule is CC[C@]1(O)CC[C@H]2[C@@H]3CCC4=CCCC[C@@H]4[C@H]3CC[C@@]21C.O=P(O)(O)O.O=P(O)(O)O. The van der Waals surface area contributed by atoms with Crippen LogP contribution in [0.5, 0.6) is 0 Å². The zero-order valence-electron chi connectivity index (χ0n) is 18.3. The van der Waals surface area contributed by atoms with Crippen molar-refractivity contribution in [2.45, 2.75) is 83.7 Å². The van der Waals surface area contributed by atoms with Crippen LogP contribution in [0.4, 0.5) is 0 Å². The molecule has 0 aliphatic heterocycles. The first-order valence-corrected chi connectivity index (χ1v) is 14.2. The molecular weight excluding hydrogens is 446 g/mol. The van der Waals surface area contributed by atoms with Gasteiger partial charge >= 0.3 is 15.6 Å². The maximum absolute atomic E-state index is 11.2. The van der Waals surface area contributed by atoms with Crippen LogP contribution in [0.25, 0.3) is 0 Å². The normalized spacial score (nSPS) is 39.5. The van der Waals surface area contributed by atoms with Crippen LogP contribution in [0, 0.1) is 29.1 Å². The van der Waals surface area contributed by atoms with Gasteiger partial charge in [-0.05, 0) is 93.3 Å². The van der Waals surface area contributed by atoms with E-state index in [0.717, 1.165) is 36.5 Å². The Morgan fingerprint density at radius 3 is 2.06 bits per heavy atom. The largest absolute Gasteiger partial charge is 0.466 e. The molecule has 4 aliphatic carbocycles. The summed E-state index contributed by atoms with van der Waals surface area (Å²) in [5.74, 6) is 3.56. The second-order valence-corrected chi connectivity index (χ2v) is 11.7. The van der Waals surface area contributed by atoms with Crippen LogP contribution in [-0.4, -0.2) is 40.1 Å². The first kappa shape index (κ1) is 27.2. The number of rotatable bonds is 1. The molecule has 0 bridgehead atoms. The van der Waals surface area contributed by atoms with Gasteiger partial charge in [-0.25, -0.2) is 9.13 Å². The average Bonchev–Trinajstić information content (AvgIpc) is 2.91. The Morgan fingerprint density at radius 2 is 1.52 bits per heavy atom. The van der Waals surface area contributed by atoms with Crippen molar-refractivity contribution in [2.75, 3.05) is 0 Å². The van der Waals surface area contributed by atoms with Crippen LogP contribution in [-0.2, 0) is 9.13 Å². The van der Waals surface area contributed by atoms with Gasteiger partial charge in [0.15, 0.2) is 0 Å². The molecular formula is C20H38O9P2. The predicted octanol–water partition coefficient (Wildman–Crippen LogP) is 3.23. The Hall–Kier alpha value is -0.0800. The zero-order chi connectivity index (χ0) is 23.7. The lowest BCUT2D eigenvalue weighted by Crippen LogP contribution is -2.52. The molecule has 7 N–H and O–H groups in total. The van der Waals surface area contributed by atoms with E-state index in [1.54, 1.807) is 0 Å². The molecule has 0 spiro atoms. The Balaban J connectivity index is 0.000000289. The highest BCUT2D eigenvalue weighted by Crippen LogP contribution is 2.65. The second kappa shape index (κ2) is 10.0. The van der Waals surface area contributed by atoms with E-state index in [2.05, 4.69) is 19.9 Å². The molecule has 0 saturated heterocycles. The number of phosphoric acid groups is 2. The van der Waals surface area contributed by atoms with E-state index < -0.39 is 15.6 Å². The summed E-state index contributed by atoms with van der Waals surface area (Å²) >= 11 is 0. The Kier molecular flexibility index (Phi) is 8.80. The number of hydrogen-bond acceptors (Lipinski definition) is 3.